The highest BCUT2D eigenvalue weighted by atomic mass is 16.1. The van der Waals surface area contributed by atoms with E-state index in [9.17, 15) is 4.79 Å². The van der Waals surface area contributed by atoms with Crippen molar-refractivity contribution in [1.82, 2.24) is 0 Å². The molecule has 4 N–H and O–H groups in total. The summed E-state index contributed by atoms with van der Waals surface area (Å²) in [7, 11) is 0. The molecule has 0 spiro atoms. The first-order valence-corrected chi connectivity index (χ1v) is 4.96. The maximum atomic E-state index is 10.5. The van der Waals surface area contributed by atoms with Gasteiger partial charge in [0, 0.05) is 6.42 Å². The van der Waals surface area contributed by atoms with E-state index in [0.717, 1.165) is 12.0 Å². The Morgan fingerprint density at radius 2 is 2.20 bits per heavy atom. The second-order valence-electron chi connectivity index (χ2n) is 3.36. The fourth-order valence-electron chi connectivity index (χ4n) is 1.33. The van der Waals surface area contributed by atoms with Gasteiger partial charge in [-0.1, -0.05) is 36.4 Å². The number of benzene rings is 1. The summed E-state index contributed by atoms with van der Waals surface area (Å²) in [6.45, 7) is 0.647. The van der Waals surface area contributed by atoms with Crippen LogP contribution in [-0.4, -0.2) is 12.5 Å². The number of rotatable bonds is 5. The standard InChI is InChI=1S/C12H16N2O/c13-8-7-11-4-1-3-10(9-11)5-2-6-12(14)15/h1-5,9H,6-8,13H2,(H2,14,15). The Balaban J connectivity index is 2.64. The van der Waals surface area contributed by atoms with Gasteiger partial charge in [-0.3, -0.25) is 4.79 Å². The molecule has 0 radical (unpaired) electrons. The molecule has 0 aliphatic heterocycles. The second kappa shape index (κ2) is 5.98. The first-order chi connectivity index (χ1) is 7.22. The van der Waals surface area contributed by atoms with Crippen molar-refractivity contribution in [2.45, 2.75) is 12.8 Å². The molecule has 1 amide bonds. The quantitative estimate of drug-likeness (QED) is 0.753. The number of carbonyl (C=O) groups excluding carboxylic acids is 1. The number of nitrogens with two attached hydrogens (primary N) is 2. The van der Waals surface area contributed by atoms with Crippen LogP contribution in [0.4, 0.5) is 0 Å². The molecule has 80 valence electrons. The van der Waals surface area contributed by atoms with Crippen LogP contribution in [0.5, 0.6) is 0 Å². The highest BCUT2D eigenvalue weighted by Crippen LogP contribution is 2.07. The average molecular weight is 204 g/mol. The number of hydrogen-bond acceptors (Lipinski definition) is 2. The number of primary amides is 1. The molecule has 0 unspecified atom stereocenters. The van der Waals surface area contributed by atoms with Crippen molar-refractivity contribution in [1.29, 1.82) is 0 Å². The van der Waals surface area contributed by atoms with Gasteiger partial charge >= 0.3 is 0 Å². The minimum absolute atomic E-state index is 0.279. The predicted molar refractivity (Wildman–Crippen MR) is 62.0 cm³/mol. The van der Waals surface area contributed by atoms with Crippen molar-refractivity contribution in [2.75, 3.05) is 6.54 Å². The lowest BCUT2D eigenvalue weighted by Gasteiger charge is -1.99. The molecule has 3 nitrogen and oxygen atoms in total. The third-order valence-electron chi connectivity index (χ3n) is 2.01. The summed E-state index contributed by atoms with van der Waals surface area (Å²) >= 11 is 0. The average Bonchev–Trinajstić information content (AvgIpc) is 2.18. The summed E-state index contributed by atoms with van der Waals surface area (Å²) in [5.41, 5.74) is 12.8. The first kappa shape index (κ1) is 11.5. The number of carbonyl (C=O) groups is 1. The topological polar surface area (TPSA) is 69.1 Å². The summed E-state index contributed by atoms with van der Waals surface area (Å²) in [6.07, 6.45) is 4.81. The molecular formula is C12H16N2O. The van der Waals surface area contributed by atoms with Crippen molar-refractivity contribution in [3.8, 4) is 0 Å². The summed E-state index contributed by atoms with van der Waals surface area (Å²) in [5.74, 6) is -0.315. The number of hydrogen-bond donors (Lipinski definition) is 2. The van der Waals surface area contributed by atoms with Crippen molar-refractivity contribution in [3.05, 3.63) is 41.5 Å². The van der Waals surface area contributed by atoms with Gasteiger partial charge < -0.3 is 11.5 Å². The van der Waals surface area contributed by atoms with E-state index in [2.05, 4.69) is 6.07 Å². The van der Waals surface area contributed by atoms with Crippen LogP contribution in [0, 0.1) is 0 Å². The highest BCUT2D eigenvalue weighted by Gasteiger charge is 1.92. The fourth-order valence-corrected chi connectivity index (χ4v) is 1.33. The van der Waals surface area contributed by atoms with Gasteiger partial charge in [0.05, 0.1) is 0 Å². The third-order valence-corrected chi connectivity index (χ3v) is 2.01. The maximum Gasteiger partial charge on any atom is 0.221 e. The van der Waals surface area contributed by atoms with E-state index in [-0.39, 0.29) is 12.3 Å². The zero-order chi connectivity index (χ0) is 11.1. The van der Waals surface area contributed by atoms with Crippen LogP contribution in [0.3, 0.4) is 0 Å². The van der Waals surface area contributed by atoms with Gasteiger partial charge in [0.2, 0.25) is 5.91 Å². The molecule has 15 heavy (non-hydrogen) atoms. The zero-order valence-electron chi connectivity index (χ0n) is 8.65. The molecule has 1 rings (SSSR count). The summed E-state index contributed by atoms with van der Waals surface area (Å²) < 4.78 is 0. The van der Waals surface area contributed by atoms with E-state index in [1.54, 1.807) is 6.08 Å². The first-order valence-electron chi connectivity index (χ1n) is 4.96. The van der Waals surface area contributed by atoms with Crippen molar-refractivity contribution >= 4 is 12.0 Å². The Kier molecular flexibility index (Phi) is 4.57. The van der Waals surface area contributed by atoms with E-state index in [0.29, 0.717) is 6.54 Å². The van der Waals surface area contributed by atoms with Gasteiger partial charge in [0.15, 0.2) is 0 Å². The van der Waals surface area contributed by atoms with Crippen LogP contribution in [-0.2, 0) is 11.2 Å². The van der Waals surface area contributed by atoms with Gasteiger partial charge in [-0.25, -0.2) is 0 Å². The fraction of sp³-hybridized carbons (Fsp3) is 0.250. The lowest BCUT2D eigenvalue weighted by molar-refractivity contribution is -0.117. The molecule has 0 atom stereocenters. The maximum absolute atomic E-state index is 10.5. The molecule has 0 aliphatic carbocycles. The molecule has 0 bridgehead atoms. The molecule has 0 saturated heterocycles. The van der Waals surface area contributed by atoms with E-state index < -0.39 is 0 Å². The smallest absolute Gasteiger partial charge is 0.221 e. The van der Waals surface area contributed by atoms with Crippen LogP contribution in [0.15, 0.2) is 30.3 Å². The molecule has 1 aromatic rings. The van der Waals surface area contributed by atoms with Gasteiger partial charge in [0.1, 0.15) is 0 Å². The van der Waals surface area contributed by atoms with Crippen LogP contribution >= 0.6 is 0 Å². The van der Waals surface area contributed by atoms with Gasteiger partial charge in [-0.15, -0.1) is 0 Å². The summed E-state index contributed by atoms with van der Waals surface area (Å²) in [6, 6.07) is 8.06. The third kappa shape index (κ3) is 4.42. The minimum Gasteiger partial charge on any atom is -0.369 e. The van der Waals surface area contributed by atoms with Crippen molar-refractivity contribution in [3.63, 3.8) is 0 Å². The van der Waals surface area contributed by atoms with Gasteiger partial charge in [0.25, 0.3) is 0 Å². The van der Waals surface area contributed by atoms with Crippen LogP contribution in [0.1, 0.15) is 17.5 Å². The Morgan fingerprint density at radius 3 is 2.87 bits per heavy atom. The SMILES string of the molecule is NCCc1cccc(C=CCC(N)=O)c1. The van der Waals surface area contributed by atoms with E-state index in [1.165, 1.54) is 5.56 Å². The van der Waals surface area contributed by atoms with Crippen molar-refractivity contribution in [2.24, 2.45) is 11.5 Å². The highest BCUT2D eigenvalue weighted by molar-refractivity contribution is 5.76. The predicted octanol–water partition coefficient (Wildman–Crippen LogP) is 1.08. The summed E-state index contributed by atoms with van der Waals surface area (Å²) in [4.78, 5) is 10.5. The minimum atomic E-state index is -0.315. The van der Waals surface area contributed by atoms with E-state index in [1.807, 2.05) is 24.3 Å². The molecule has 0 fully saturated rings. The monoisotopic (exact) mass is 204 g/mol. The lowest BCUT2D eigenvalue weighted by Crippen LogP contribution is -2.07. The molecular weight excluding hydrogens is 188 g/mol. The molecule has 1 aromatic carbocycles. The molecule has 0 aromatic heterocycles. The largest absolute Gasteiger partial charge is 0.369 e. The second-order valence-corrected chi connectivity index (χ2v) is 3.36. The molecule has 0 saturated carbocycles. The van der Waals surface area contributed by atoms with Gasteiger partial charge in [-0.2, -0.15) is 0 Å². The van der Waals surface area contributed by atoms with E-state index in [4.69, 9.17) is 11.5 Å². The Hall–Kier alpha value is -1.61. The Bertz CT molecular complexity index is 358. The molecule has 3 heteroatoms. The van der Waals surface area contributed by atoms with Crippen LogP contribution in [0.25, 0.3) is 6.08 Å². The molecule has 0 aliphatic rings. The van der Waals surface area contributed by atoms with Crippen LogP contribution < -0.4 is 11.5 Å². The van der Waals surface area contributed by atoms with E-state index >= 15 is 0 Å². The Morgan fingerprint density at radius 1 is 1.40 bits per heavy atom. The number of amides is 1. The Labute approximate surface area is 89.8 Å². The van der Waals surface area contributed by atoms with Crippen LogP contribution in [0.2, 0.25) is 0 Å². The summed E-state index contributed by atoms with van der Waals surface area (Å²) in [5, 5.41) is 0. The van der Waals surface area contributed by atoms with Crippen molar-refractivity contribution < 1.29 is 4.79 Å². The lowest BCUT2D eigenvalue weighted by atomic mass is 10.1. The normalized spacial score (nSPS) is 10.7. The zero-order valence-corrected chi connectivity index (χ0v) is 8.65. The van der Waals surface area contributed by atoms with Gasteiger partial charge in [-0.05, 0) is 24.1 Å². The molecule has 0 heterocycles.